The summed E-state index contributed by atoms with van der Waals surface area (Å²) in [7, 11) is 0. The molecule has 3 heterocycles. The van der Waals surface area contributed by atoms with Crippen LogP contribution in [0.5, 0.6) is 0 Å². The van der Waals surface area contributed by atoms with Crippen LogP contribution in [0.4, 0.5) is 0 Å². The lowest BCUT2D eigenvalue weighted by Gasteiger charge is -2.30. The number of hydrogen-bond donors (Lipinski definition) is 0. The molecule has 24 heavy (non-hydrogen) atoms. The van der Waals surface area contributed by atoms with E-state index in [9.17, 15) is 4.79 Å². The van der Waals surface area contributed by atoms with Gasteiger partial charge in [0.25, 0.3) is 0 Å². The highest BCUT2D eigenvalue weighted by molar-refractivity contribution is 7.03. The number of aromatic nitrogens is 1. The minimum absolute atomic E-state index is 0.200. The van der Waals surface area contributed by atoms with E-state index in [2.05, 4.69) is 50.7 Å². The molecule has 2 saturated heterocycles. The Hall–Kier alpha value is -1.72. The number of likely N-dealkylation sites (tertiary alicyclic amines) is 2. The van der Waals surface area contributed by atoms with E-state index in [0.29, 0.717) is 11.8 Å². The summed E-state index contributed by atoms with van der Waals surface area (Å²) in [6.45, 7) is 7.86. The molecule has 5 heteroatoms. The highest BCUT2D eigenvalue weighted by atomic mass is 32.1. The summed E-state index contributed by atoms with van der Waals surface area (Å²) in [4.78, 5) is 16.8. The molecule has 0 radical (unpaired) electrons. The molecule has 0 spiro atoms. The zero-order chi connectivity index (χ0) is 16.7. The van der Waals surface area contributed by atoms with Crippen LogP contribution in [-0.2, 0) is 11.3 Å². The van der Waals surface area contributed by atoms with E-state index in [4.69, 9.17) is 0 Å². The maximum atomic E-state index is 12.2. The van der Waals surface area contributed by atoms with Crippen molar-refractivity contribution >= 4 is 17.4 Å². The lowest BCUT2D eigenvalue weighted by Crippen LogP contribution is -2.34. The Labute approximate surface area is 147 Å². The van der Waals surface area contributed by atoms with Gasteiger partial charge in [0.05, 0.1) is 6.04 Å². The molecule has 2 aliphatic rings. The van der Waals surface area contributed by atoms with Gasteiger partial charge in [-0.2, -0.15) is 0 Å². The van der Waals surface area contributed by atoms with Crippen LogP contribution < -0.4 is 0 Å². The molecular weight excluding hydrogens is 318 g/mol. The van der Waals surface area contributed by atoms with E-state index in [1.54, 1.807) is 6.92 Å². The number of hydrogen-bond acceptors (Lipinski definition) is 4. The Bertz CT molecular complexity index is 730. The van der Waals surface area contributed by atoms with Crippen LogP contribution in [0, 0.1) is 18.8 Å². The van der Waals surface area contributed by atoms with Crippen LogP contribution in [0.3, 0.4) is 0 Å². The number of rotatable bonds is 3. The summed E-state index contributed by atoms with van der Waals surface area (Å²) in [6, 6.07) is 8.75. The monoisotopic (exact) mass is 341 g/mol. The van der Waals surface area contributed by atoms with E-state index < -0.39 is 0 Å². The largest absolute Gasteiger partial charge is 0.335 e. The molecule has 2 aliphatic heterocycles. The predicted octanol–water partition coefficient (Wildman–Crippen LogP) is 3.10. The molecule has 3 atom stereocenters. The van der Waals surface area contributed by atoms with Crippen LogP contribution in [0.25, 0.3) is 0 Å². The quantitative estimate of drug-likeness (QED) is 0.861. The summed E-state index contributed by atoms with van der Waals surface area (Å²) in [5.74, 6) is 1.30. The first kappa shape index (κ1) is 15.8. The molecule has 0 N–H and O–H groups in total. The minimum Gasteiger partial charge on any atom is -0.335 e. The van der Waals surface area contributed by atoms with Crippen molar-refractivity contribution < 1.29 is 4.79 Å². The van der Waals surface area contributed by atoms with Crippen molar-refractivity contribution in [3.05, 3.63) is 52.5 Å². The van der Waals surface area contributed by atoms with Gasteiger partial charge in [0.2, 0.25) is 5.91 Å². The molecule has 2 fully saturated rings. The van der Waals surface area contributed by atoms with Crippen molar-refractivity contribution in [1.82, 2.24) is 14.2 Å². The molecule has 0 aliphatic carbocycles. The van der Waals surface area contributed by atoms with Crippen molar-refractivity contribution in [2.75, 3.05) is 19.6 Å². The highest BCUT2D eigenvalue weighted by Crippen LogP contribution is 2.46. The fraction of sp³-hybridized carbons (Fsp3) is 0.474. The zero-order valence-electron chi connectivity index (χ0n) is 14.2. The van der Waals surface area contributed by atoms with E-state index in [-0.39, 0.29) is 11.9 Å². The Balaban J connectivity index is 1.59. The first-order valence-corrected chi connectivity index (χ1v) is 9.40. The van der Waals surface area contributed by atoms with Crippen molar-refractivity contribution in [2.45, 2.75) is 26.4 Å². The highest BCUT2D eigenvalue weighted by Gasteiger charge is 2.48. The Kier molecular flexibility index (Phi) is 4.14. The number of amides is 1. The third kappa shape index (κ3) is 2.76. The number of fused-ring (bicyclic) bond motifs is 1. The lowest BCUT2D eigenvalue weighted by molar-refractivity contribution is -0.130. The second kappa shape index (κ2) is 6.30. The maximum Gasteiger partial charge on any atom is 0.219 e. The topological polar surface area (TPSA) is 36.4 Å². The van der Waals surface area contributed by atoms with Gasteiger partial charge in [-0.1, -0.05) is 24.3 Å². The van der Waals surface area contributed by atoms with Gasteiger partial charge >= 0.3 is 0 Å². The second-order valence-electron chi connectivity index (χ2n) is 7.12. The Morgan fingerprint density at radius 1 is 1.29 bits per heavy atom. The van der Waals surface area contributed by atoms with Crippen molar-refractivity contribution in [1.29, 1.82) is 0 Å². The molecule has 2 aromatic rings. The van der Waals surface area contributed by atoms with E-state index in [1.165, 1.54) is 28.2 Å². The number of carbonyl (C=O) groups is 1. The SMILES string of the molecule is CC(=O)N1C[C@H]2CN(Cc3cnsc3)C[C@H]2[C@H]1c1ccccc1C. The van der Waals surface area contributed by atoms with E-state index >= 15 is 0 Å². The molecule has 1 amide bonds. The lowest BCUT2D eigenvalue weighted by atomic mass is 9.87. The van der Waals surface area contributed by atoms with Gasteiger partial charge in [-0.05, 0) is 41.1 Å². The van der Waals surface area contributed by atoms with Crippen molar-refractivity contribution in [3.8, 4) is 0 Å². The summed E-state index contributed by atoms with van der Waals surface area (Å²) < 4.78 is 4.21. The van der Waals surface area contributed by atoms with Crippen LogP contribution in [-0.4, -0.2) is 39.7 Å². The normalized spacial score (nSPS) is 26.8. The molecule has 0 saturated carbocycles. The average Bonchev–Trinajstić information content (AvgIpc) is 3.24. The van der Waals surface area contributed by atoms with Gasteiger partial charge in [0, 0.05) is 50.6 Å². The van der Waals surface area contributed by atoms with Gasteiger partial charge in [-0.3, -0.25) is 9.69 Å². The van der Waals surface area contributed by atoms with E-state index in [1.807, 2.05) is 6.20 Å². The Morgan fingerprint density at radius 2 is 2.12 bits per heavy atom. The smallest absolute Gasteiger partial charge is 0.219 e. The zero-order valence-corrected chi connectivity index (χ0v) is 15.0. The van der Waals surface area contributed by atoms with Crippen molar-refractivity contribution in [3.63, 3.8) is 0 Å². The van der Waals surface area contributed by atoms with Crippen molar-refractivity contribution in [2.24, 2.45) is 11.8 Å². The van der Waals surface area contributed by atoms with Gasteiger partial charge in [0.1, 0.15) is 0 Å². The summed E-state index contributed by atoms with van der Waals surface area (Å²) >= 11 is 1.52. The molecule has 0 bridgehead atoms. The number of carbonyl (C=O) groups excluding carboxylic acids is 1. The number of benzene rings is 1. The standard InChI is InChI=1S/C19H23N3OS/c1-13-5-3-4-6-17(13)19-18-11-21(8-15-7-20-24-12-15)9-16(18)10-22(19)14(2)23/h3-7,12,16,18-19H,8-11H2,1-2H3/t16-,18-,19-/m1/s1. The van der Waals surface area contributed by atoms with Crippen LogP contribution in [0.15, 0.2) is 35.8 Å². The third-order valence-electron chi connectivity index (χ3n) is 5.54. The molecule has 1 aromatic heterocycles. The van der Waals surface area contributed by atoms with Crippen LogP contribution >= 0.6 is 11.5 Å². The minimum atomic E-state index is 0.200. The van der Waals surface area contributed by atoms with Gasteiger partial charge in [-0.15, -0.1) is 0 Å². The number of aryl methyl sites for hydroxylation is 1. The molecule has 0 unspecified atom stereocenters. The average molecular weight is 341 g/mol. The fourth-order valence-electron chi connectivity index (χ4n) is 4.47. The summed E-state index contributed by atoms with van der Waals surface area (Å²) in [5.41, 5.74) is 3.91. The molecule has 1 aromatic carbocycles. The predicted molar refractivity (Wildman–Crippen MR) is 95.7 cm³/mol. The summed E-state index contributed by atoms with van der Waals surface area (Å²) in [5, 5.41) is 2.13. The van der Waals surface area contributed by atoms with Crippen LogP contribution in [0.2, 0.25) is 0 Å². The van der Waals surface area contributed by atoms with Gasteiger partial charge in [0.15, 0.2) is 0 Å². The van der Waals surface area contributed by atoms with Crippen LogP contribution in [0.1, 0.15) is 29.7 Å². The molecular formula is C19H23N3OS. The number of nitrogens with zero attached hydrogens (tertiary/aromatic N) is 3. The molecule has 126 valence electrons. The van der Waals surface area contributed by atoms with Gasteiger partial charge < -0.3 is 4.90 Å². The molecule has 4 rings (SSSR count). The molecule has 4 nitrogen and oxygen atoms in total. The first-order chi connectivity index (χ1) is 11.6. The fourth-order valence-corrected chi connectivity index (χ4v) is 5.00. The Morgan fingerprint density at radius 3 is 2.83 bits per heavy atom. The third-order valence-corrected chi connectivity index (χ3v) is 6.18. The summed E-state index contributed by atoms with van der Waals surface area (Å²) in [6.07, 6.45) is 1.97. The van der Waals surface area contributed by atoms with Gasteiger partial charge in [-0.25, -0.2) is 4.37 Å². The second-order valence-corrected chi connectivity index (χ2v) is 7.78. The maximum absolute atomic E-state index is 12.2. The van der Waals surface area contributed by atoms with E-state index in [0.717, 1.165) is 26.2 Å². The first-order valence-electron chi connectivity index (χ1n) is 8.57.